The number of carbonyl (C=O) groups excluding carboxylic acids is 1. The third-order valence-electron chi connectivity index (χ3n) is 5.69. The second kappa shape index (κ2) is 7.88. The Hall–Kier alpha value is -3.50. The molecule has 0 atom stereocenters. The van der Waals surface area contributed by atoms with Crippen molar-refractivity contribution in [1.82, 2.24) is 24.4 Å². The molecule has 1 aliphatic heterocycles. The maximum Gasteiger partial charge on any atom is 0.254 e. The SMILES string of the molecule is CS(=O)(=O)N1CCN(C(=O)c2cccc3cc(Nc4n[nH]c5cccnc45)ccc23)CC1. The third kappa shape index (κ3) is 3.78. The topological polar surface area (TPSA) is 111 Å². The average Bonchev–Trinajstić information content (AvgIpc) is 3.20. The number of H-pyrrole nitrogens is 1. The van der Waals surface area contributed by atoms with Gasteiger partial charge in [0.1, 0.15) is 5.52 Å². The molecule has 1 amide bonds. The minimum absolute atomic E-state index is 0.0908. The Labute approximate surface area is 185 Å². The standard InChI is InChI=1S/C22H22N6O3S/c1-32(30,31)28-12-10-27(11-13-28)22(29)18-5-2-4-15-14-16(7-8-17(15)18)24-21-20-19(25-26-21)6-3-9-23-20/h2-9,14H,10-13H2,1H3,(H2,24,25,26). The Morgan fingerprint density at radius 2 is 1.88 bits per heavy atom. The van der Waals surface area contributed by atoms with Crippen LogP contribution in [0.1, 0.15) is 10.4 Å². The van der Waals surface area contributed by atoms with E-state index in [9.17, 15) is 13.2 Å². The quantitative estimate of drug-likeness (QED) is 0.494. The summed E-state index contributed by atoms with van der Waals surface area (Å²) in [5.74, 6) is 0.544. The smallest absolute Gasteiger partial charge is 0.254 e. The van der Waals surface area contributed by atoms with Crippen LogP contribution in [0.15, 0.2) is 54.7 Å². The normalized spacial score (nSPS) is 15.3. The molecule has 0 spiro atoms. The van der Waals surface area contributed by atoms with Gasteiger partial charge in [-0.25, -0.2) is 8.42 Å². The van der Waals surface area contributed by atoms with Crippen molar-refractivity contribution in [3.05, 3.63) is 60.3 Å². The van der Waals surface area contributed by atoms with Gasteiger partial charge in [-0.2, -0.15) is 9.40 Å². The van der Waals surface area contributed by atoms with Crippen molar-refractivity contribution < 1.29 is 13.2 Å². The number of anilines is 2. The van der Waals surface area contributed by atoms with Crippen LogP contribution in [0.4, 0.5) is 11.5 Å². The molecule has 2 aromatic carbocycles. The molecule has 4 aromatic rings. The summed E-state index contributed by atoms with van der Waals surface area (Å²) < 4.78 is 24.9. The van der Waals surface area contributed by atoms with Crippen molar-refractivity contribution in [3.63, 3.8) is 0 Å². The average molecular weight is 451 g/mol. The predicted octanol–water partition coefficient (Wildman–Crippen LogP) is 2.57. The number of fused-ring (bicyclic) bond motifs is 2. The van der Waals surface area contributed by atoms with Gasteiger partial charge in [0, 0.05) is 43.6 Å². The first-order valence-electron chi connectivity index (χ1n) is 10.2. The van der Waals surface area contributed by atoms with Gasteiger partial charge in [-0.1, -0.05) is 18.2 Å². The second-order valence-corrected chi connectivity index (χ2v) is 9.77. The number of hydrogen-bond acceptors (Lipinski definition) is 6. The van der Waals surface area contributed by atoms with Gasteiger partial charge in [0.25, 0.3) is 5.91 Å². The van der Waals surface area contributed by atoms with Crippen LogP contribution in [-0.2, 0) is 10.0 Å². The van der Waals surface area contributed by atoms with Crippen molar-refractivity contribution in [1.29, 1.82) is 0 Å². The molecule has 1 fully saturated rings. The van der Waals surface area contributed by atoms with E-state index in [1.165, 1.54) is 10.6 Å². The molecule has 0 bridgehead atoms. The number of piperazine rings is 1. The zero-order valence-electron chi connectivity index (χ0n) is 17.4. The molecule has 1 saturated heterocycles. The highest BCUT2D eigenvalue weighted by Crippen LogP contribution is 2.27. The van der Waals surface area contributed by atoms with Gasteiger partial charge in [-0.05, 0) is 41.1 Å². The molecular weight excluding hydrogens is 428 g/mol. The number of sulfonamides is 1. The largest absolute Gasteiger partial charge is 0.337 e. The molecule has 0 aliphatic carbocycles. The van der Waals surface area contributed by atoms with Crippen LogP contribution in [0, 0.1) is 0 Å². The number of hydrogen-bond donors (Lipinski definition) is 2. The van der Waals surface area contributed by atoms with E-state index in [4.69, 9.17) is 0 Å². The van der Waals surface area contributed by atoms with E-state index in [2.05, 4.69) is 20.5 Å². The number of nitrogens with zero attached hydrogens (tertiary/aromatic N) is 4. The monoisotopic (exact) mass is 450 g/mol. The summed E-state index contributed by atoms with van der Waals surface area (Å²) >= 11 is 0. The number of benzene rings is 2. The summed E-state index contributed by atoms with van der Waals surface area (Å²) in [5.41, 5.74) is 3.04. The lowest BCUT2D eigenvalue weighted by Crippen LogP contribution is -2.50. The molecule has 1 aliphatic rings. The molecule has 32 heavy (non-hydrogen) atoms. The third-order valence-corrected chi connectivity index (χ3v) is 6.99. The lowest BCUT2D eigenvalue weighted by atomic mass is 10.0. The van der Waals surface area contributed by atoms with Crippen LogP contribution in [0.5, 0.6) is 0 Å². The maximum atomic E-state index is 13.2. The Balaban J connectivity index is 1.39. The van der Waals surface area contributed by atoms with Gasteiger partial charge in [0.05, 0.1) is 11.8 Å². The number of aromatic amines is 1. The molecule has 2 N–H and O–H groups in total. The van der Waals surface area contributed by atoms with Gasteiger partial charge >= 0.3 is 0 Å². The Morgan fingerprint density at radius 3 is 2.66 bits per heavy atom. The van der Waals surface area contributed by atoms with Crippen molar-refractivity contribution >= 4 is 49.2 Å². The van der Waals surface area contributed by atoms with Gasteiger partial charge in [0.15, 0.2) is 5.82 Å². The molecule has 0 radical (unpaired) electrons. The highest BCUT2D eigenvalue weighted by atomic mass is 32.2. The van der Waals surface area contributed by atoms with Crippen LogP contribution in [-0.4, -0.2) is 71.1 Å². The van der Waals surface area contributed by atoms with Gasteiger partial charge in [0.2, 0.25) is 10.0 Å². The summed E-state index contributed by atoms with van der Waals surface area (Å²) in [4.78, 5) is 19.3. The molecule has 3 heterocycles. The summed E-state index contributed by atoms with van der Waals surface area (Å²) in [6, 6.07) is 15.2. The van der Waals surface area contributed by atoms with Crippen molar-refractivity contribution in [2.45, 2.75) is 0 Å². The molecule has 0 unspecified atom stereocenters. The predicted molar refractivity (Wildman–Crippen MR) is 123 cm³/mol. The van der Waals surface area contributed by atoms with E-state index in [1.807, 2.05) is 48.5 Å². The van der Waals surface area contributed by atoms with E-state index in [0.29, 0.717) is 37.6 Å². The fourth-order valence-corrected chi connectivity index (χ4v) is 4.84. The summed E-state index contributed by atoms with van der Waals surface area (Å²) in [6.07, 6.45) is 2.92. The number of amides is 1. The molecule has 10 heteroatoms. The van der Waals surface area contributed by atoms with Gasteiger partial charge in [-0.15, -0.1) is 0 Å². The maximum absolute atomic E-state index is 13.2. The first kappa shape index (κ1) is 20.4. The number of nitrogens with one attached hydrogen (secondary N) is 2. The van der Waals surface area contributed by atoms with Gasteiger partial charge < -0.3 is 10.2 Å². The Kier molecular flexibility index (Phi) is 5.03. The molecular formula is C22H22N6O3S. The summed E-state index contributed by atoms with van der Waals surface area (Å²) in [6.45, 7) is 1.38. The van der Waals surface area contributed by atoms with E-state index >= 15 is 0 Å². The van der Waals surface area contributed by atoms with Gasteiger partial charge in [-0.3, -0.25) is 14.9 Å². The first-order chi connectivity index (χ1) is 15.4. The minimum Gasteiger partial charge on any atom is -0.337 e. The Bertz CT molecular complexity index is 1420. The van der Waals surface area contributed by atoms with Crippen LogP contribution in [0.25, 0.3) is 21.8 Å². The van der Waals surface area contributed by atoms with Crippen molar-refractivity contribution in [3.8, 4) is 0 Å². The number of rotatable bonds is 4. The van der Waals surface area contributed by atoms with E-state index in [0.717, 1.165) is 27.5 Å². The van der Waals surface area contributed by atoms with E-state index < -0.39 is 10.0 Å². The zero-order valence-corrected chi connectivity index (χ0v) is 18.3. The minimum atomic E-state index is -3.24. The molecule has 2 aromatic heterocycles. The Morgan fingerprint density at radius 1 is 1.06 bits per heavy atom. The number of aromatic nitrogens is 3. The zero-order chi connectivity index (χ0) is 22.3. The lowest BCUT2D eigenvalue weighted by molar-refractivity contribution is 0.0700. The number of pyridine rings is 1. The molecule has 5 rings (SSSR count). The van der Waals surface area contributed by atoms with Crippen LogP contribution < -0.4 is 5.32 Å². The molecule has 164 valence electrons. The fraction of sp³-hybridized carbons (Fsp3) is 0.227. The van der Waals surface area contributed by atoms with Crippen molar-refractivity contribution in [2.24, 2.45) is 0 Å². The second-order valence-electron chi connectivity index (χ2n) is 7.79. The van der Waals surface area contributed by atoms with E-state index in [-0.39, 0.29) is 5.91 Å². The van der Waals surface area contributed by atoms with Crippen LogP contribution in [0.3, 0.4) is 0 Å². The van der Waals surface area contributed by atoms with E-state index in [1.54, 1.807) is 11.1 Å². The summed E-state index contributed by atoms with van der Waals surface area (Å²) in [7, 11) is -3.24. The molecule has 9 nitrogen and oxygen atoms in total. The van der Waals surface area contributed by atoms with Crippen LogP contribution in [0.2, 0.25) is 0 Å². The summed E-state index contributed by atoms with van der Waals surface area (Å²) in [5, 5.41) is 12.3. The first-order valence-corrected chi connectivity index (χ1v) is 12.1. The fourth-order valence-electron chi connectivity index (χ4n) is 4.02. The van der Waals surface area contributed by atoms with Crippen LogP contribution >= 0.6 is 0 Å². The number of carbonyl (C=O) groups is 1. The van der Waals surface area contributed by atoms with Crippen molar-refractivity contribution in [2.75, 3.05) is 37.8 Å². The molecule has 0 saturated carbocycles. The lowest BCUT2D eigenvalue weighted by Gasteiger charge is -2.33. The highest BCUT2D eigenvalue weighted by Gasteiger charge is 2.27. The highest BCUT2D eigenvalue weighted by molar-refractivity contribution is 7.88.